The second kappa shape index (κ2) is 11.3. The van der Waals surface area contributed by atoms with Crippen molar-refractivity contribution >= 4 is 11.0 Å². The quantitative estimate of drug-likeness (QED) is 0.187. The summed E-state index contributed by atoms with van der Waals surface area (Å²) in [4.78, 5) is 27.9. The molecule has 0 saturated carbocycles. The molecule has 6 nitrogen and oxygen atoms in total. The van der Waals surface area contributed by atoms with Crippen LogP contribution in [0, 0.1) is 0 Å². The summed E-state index contributed by atoms with van der Waals surface area (Å²) in [6, 6.07) is 50.4. The minimum atomic E-state index is -0.331. The predicted molar refractivity (Wildman–Crippen MR) is 201 cm³/mol. The van der Waals surface area contributed by atoms with Gasteiger partial charge in [-0.2, -0.15) is 0 Å². The van der Waals surface area contributed by atoms with Gasteiger partial charge in [0.1, 0.15) is 0 Å². The van der Waals surface area contributed by atoms with E-state index in [0.29, 0.717) is 17.5 Å². The number of aromatic nitrogens is 5. The highest BCUT2D eigenvalue weighted by Gasteiger charge is 2.40. The fraction of sp³-hybridized carbons (Fsp3) is 0.0909. The van der Waals surface area contributed by atoms with Crippen LogP contribution in [-0.2, 0) is 19.5 Å². The summed E-state index contributed by atoms with van der Waals surface area (Å²) in [5.41, 5.74) is 12.4. The third-order valence-corrected chi connectivity index (χ3v) is 10.3. The van der Waals surface area contributed by atoms with Gasteiger partial charge in [0.25, 0.3) is 0 Å². The molecule has 0 spiro atoms. The van der Waals surface area contributed by atoms with E-state index in [4.69, 9.17) is 15.0 Å². The van der Waals surface area contributed by atoms with E-state index in [1.165, 1.54) is 27.8 Å². The monoisotopic (exact) mass is 647 g/mol. The third kappa shape index (κ3) is 4.49. The highest BCUT2D eigenvalue weighted by atomic mass is 16.1. The van der Waals surface area contributed by atoms with Crippen LogP contribution in [0.1, 0.15) is 23.6 Å². The zero-order chi connectivity index (χ0) is 34.0. The molecule has 0 amide bonds. The normalized spacial score (nSPS) is 14.9. The van der Waals surface area contributed by atoms with Crippen molar-refractivity contribution in [2.24, 2.45) is 14.1 Å². The van der Waals surface area contributed by atoms with Crippen molar-refractivity contribution in [2.75, 3.05) is 0 Å². The first kappa shape index (κ1) is 29.7. The van der Waals surface area contributed by atoms with Gasteiger partial charge in [0, 0.05) is 41.8 Å². The van der Waals surface area contributed by atoms with Crippen molar-refractivity contribution in [3.8, 4) is 56.4 Å². The molecule has 1 atom stereocenters. The Morgan fingerprint density at radius 1 is 0.480 bits per heavy atom. The van der Waals surface area contributed by atoms with Gasteiger partial charge < -0.3 is 0 Å². The van der Waals surface area contributed by atoms with E-state index in [9.17, 15) is 4.79 Å². The molecule has 2 heterocycles. The maximum Gasteiger partial charge on any atom is 0.328 e. The molecule has 9 rings (SSSR count). The Morgan fingerprint density at radius 3 is 1.74 bits per heavy atom. The molecule has 1 unspecified atom stereocenters. The number of fused-ring (bicyclic) bond motifs is 4. The van der Waals surface area contributed by atoms with Crippen LogP contribution >= 0.6 is 0 Å². The van der Waals surface area contributed by atoms with E-state index in [-0.39, 0.29) is 11.1 Å². The summed E-state index contributed by atoms with van der Waals surface area (Å²) in [6.45, 7) is 2.32. The third-order valence-electron chi connectivity index (χ3n) is 10.3. The number of hydrogen-bond acceptors (Lipinski definition) is 4. The van der Waals surface area contributed by atoms with E-state index in [1.54, 1.807) is 9.13 Å². The van der Waals surface area contributed by atoms with Gasteiger partial charge in [-0.25, -0.2) is 19.7 Å². The molecule has 0 N–H and O–H groups in total. The number of rotatable bonds is 5. The highest BCUT2D eigenvalue weighted by Crippen LogP contribution is 2.53. The molecule has 8 aromatic rings. The molecule has 240 valence electrons. The lowest BCUT2D eigenvalue weighted by molar-refractivity contribution is 0.714. The summed E-state index contributed by atoms with van der Waals surface area (Å²) in [5.74, 6) is 1.84. The largest absolute Gasteiger partial charge is 0.328 e. The second-order valence-electron chi connectivity index (χ2n) is 13.1. The zero-order valence-corrected chi connectivity index (χ0v) is 28.0. The molecule has 0 fully saturated rings. The average Bonchev–Trinajstić information content (AvgIpc) is 3.58. The fourth-order valence-corrected chi connectivity index (χ4v) is 7.67. The smallest absolute Gasteiger partial charge is 0.295 e. The molecule has 0 bridgehead atoms. The summed E-state index contributed by atoms with van der Waals surface area (Å²) in [5, 5.41) is 0. The topological polar surface area (TPSA) is 65.6 Å². The maximum absolute atomic E-state index is 12.7. The predicted octanol–water partition coefficient (Wildman–Crippen LogP) is 9.06. The van der Waals surface area contributed by atoms with Gasteiger partial charge >= 0.3 is 5.69 Å². The van der Waals surface area contributed by atoms with E-state index in [2.05, 4.69) is 110 Å². The Bertz CT molecular complexity index is 2640. The molecule has 0 aliphatic heterocycles. The summed E-state index contributed by atoms with van der Waals surface area (Å²) in [7, 11) is 3.63. The summed E-state index contributed by atoms with van der Waals surface area (Å²) >= 11 is 0. The fourth-order valence-electron chi connectivity index (χ4n) is 7.67. The van der Waals surface area contributed by atoms with Gasteiger partial charge in [0.15, 0.2) is 17.5 Å². The lowest BCUT2D eigenvalue weighted by Gasteiger charge is -2.28. The van der Waals surface area contributed by atoms with Crippen LogP contribution in [0.2, 0.25) is 0 Å². The van der Waals surface area contributed by atoms with Crippen LogP contribution in [0.4, 0.5) is 0 Å². The molecular formula is C44H33N5O. The first-order valence-electron chi connectivity index (χ1n) is 16.8. The molecular weight excluding hydrogens is 615 g/mol. The van der Waals surface area contributed by atoms with Crippen molar-refractivity contribution in [1.29, 1.82) is 0 Å². The number of nitrogens with zero attached hydrogens (tertiary/aromatic N) is 5. The van der Waals surface area contributed by atoms with Crippen LogP contribution < -0.4 is 5.69 Å². The van der Waals surface area contributed by atoms with Gasteiger partial charge in [0.2, 0.25) is 0 Å². The van der Waals surface area contributed by atoms with Crippen LogP contribution in [0.3, 0.4) is 0 Å². The van der Waals surface area contributed by atoms with Crippen molar-refractivity contribution in [1.82, 2.24) is 24.1 Å². The van der Waals surface area contributed by atoms with Crippen molar-refractivity contribution in [2.45, 2.75) is 12.3 Å². The van der Waals surface area contributed by atoms with E-state index in [0.717, 1.165) is 38.9 Å². The maximum atomic E-state index is 12.7. The first-order chi connectivity index (χ1) is 24.4. The molecule has 1 aliphatic rings. The van der Waals surface area contributed by atoms with Gasteiger partial charge in [-0.15, -0.1) is 0 Å². The van der Waals surface area contributed by atoms with Crippen molar-refractivity contribution in [3.63, 3.8) is 0 Å². The van der Waals surface area contributed by atoms with Gasteiger partial charge in [0.05, 0.1) is 11.0 Å². The molecule has 0 saturated heterocycles. The number of benzene rings is 6. The Labute approximate surface area is 290 Å². The van der Waals surface area contributed by atoms with E-state index >= 15 is 0 Å². The zero-order valence-electron chi connectivity index (χ0n) is 28.0. The molecule has 6 aromatic carbocycles. The van der Waals surface area contributed by atoms with Gasteiger partial charge in [-0.1, -0.05) is 133 Å². The second-order valence-corrected chi connectivity index (χ2v) is 13.1. The van der Waals surface area contributed by atoms with E-state index < -0.39 is 0 Å². The lowest BCUT2D eigenvalue weighted by atomic mass is 9.74. The minimum absolute atomic E-state index is 0.0465. The lowest BCUT2D eigenvalue weighted by Crippen LogP contribution is -2.22. The van der Waals surface area contributed by atoms with Crippen molar-refractivity contribution in [3.05, 3.63) is 173 Å². The van der Waals surface area contributed by atoms with Crippen LogP contribution in [0.5, 0.6) is 0 Å². The van der Waals surface area contributed by atoms with E-state index in [1.807, 2.05) is 56.6 Å². The van der Waals surface area contributed by atoms with Crippen LogP contribution in [-0.4, -0.2) is 24.1 Å². The summed E-state index contributed by atoms with van der Waals surface area (Å²) in [6.07, 6.45) is 0. The average molecular weight is 648 g/mol. The molecule has 50 heavy (non-hydrogen) atoms. The molecule has 6 heteroatoms. The Morgan fingerprint density at radius 2 is 1.02 bits per heavy atom. The number of imidazole rings is 1. The minimum Gasteiger partial charge on any atom is -0.295 e. The number of aryl methyl sites for hydroxylation is 2. The Hall–Kier alpha value is -6.40. The Balaban J connectivity index is 1.18. The highest BCUT2D eigenvalue weighted by molar-refractivity contribution is 5.93. The van der Waals surface area contributed by atoms with Crippen LogP contribution in [0.15, 0.2) is 150 Å². The van der Waals surface area contributed by atoms with Crippen LogP contribution in [0.25, 0.3) is 67.5 Å². The first-order valence-corrected chi connectivity index (χ1v) is 16.8. The number of para-hydroxylation sites is 1. The summed E-state index contributed by atoms with van der Waals surface area (Å²) < 4.78 is 3.39. The standard InChI is InChI=1S/C44H33N5O/c1-44(32-15-8-5-9-16-32)36-19-11-10-17-34(36)35-26-25-31(27-37(35)44)42-46-40(29-13-6-4-7-14-29)45-41(47-42)30-23-21-28(22-24-30)33-18-12-20-38-39(33)49(3)43(50)48(38)2/h4-27H,1-3H3. The SMILES string of the molecule is Cn1c(=O)n(C)c2c(-c3ccc(-c4nc(-c5ccccc5)nc(-c5ccc6c(c5)C(C)(c5ccccc5)c5ccccc5-6)n4)cc3)cccc21. The van der Waals surface area contributed by atoms with Gasteiger partial charge in [-0.05, 0) is 52.4 Å². The molecule has 1 aliphatic carbocycles. The Kier molecular flexibility index (Phi) is 6.74. The molecule has 0 radical (unpaired) electrons. The van der Waals surface area contributed by atoms with Gasteiger partial charge in [-0.3, -0.25) is 9.13 Å². The van der Waals surface area contributed by atoms with Crippen molar-refractivity contribution < 1.29 is 0 Å². The number of hydrogen-bond donors (Lipinski definition) is 0. The molecule has 2 aromatic heterocycles.